The number of aromatic nitrogens is 5. The second kappa shape index (κ2) is 12.9. The predicted molar refractivity (Wildman–Crippen MR) is 160 cm³/mol. The van der Waals surface area contributed by atoms with Crippen molar-refractivity contribution in [2.24, 2.45) is 0 Å². The Morgan fingerprint density at radius 2 is 1.85 bits per heavy atom. The van der Waals surface area contributed by atoms with Crippen LogP contribution in [0, 0.1) is 11.6 Å². The quantitative estimate of drug-likeness (QED) is 0.211. The number of amides is 2. The van der Waals surface area contributed by atoms with Gasteiger partial charge in [-0.15, -0.1) is 5.10 Å². The number of ether oxygens (including phenoxy) is 1. The number of tetrazole rings is 1. The van der Waals surface area contributed by atoms with Crippen molar-refractivity contribution in [3.05, 3.63) is 95.6 Å². The highest BCUT2D eigenvalue weighted by atomic mass is 19.2. The molecule has 46 heavy (non-hydrogen) atoms. The van der Waals surface area contributed by atoms with Crippen LogP contribution in [-0.4, -0.2) is 91.8 Å². The Morgan fingerprint density at radius 3 is 2.52 bits per heavy atom. The van der Waals surface area contributed by atoms with Gasteiger partial charge in [-0.2, -0.15) is 0 Å². The first-order valence-corrected chi connectivity index (χ1v) is 15.0. The number of nitrogens with one attached hydrogen (secondary N) is 1. The number of methoxy groups -OCH3 is 1. The second-order valence-corrected chi connectivity index (χ2v) is 11.9. The zero-order chi connectivity index (χ0) is 32.3. The van der Waals surface area contributed by atoms with Gasteiger partial charge in [0.2, 0.25) is 0 Å². The third kappa shape index (κ3) is 5.81. The van der Waals surface area contributed by atoms with E-state index in [-0.39, 0.29) is 12.5 Å². The number of carbonyl (C=O) groups is 2. The highest BCUT2D eigenvalue weighted by Crippen LogP contribution is 2.41. The topological polar surface area (TPSA) is 139 Å². The molecule has 14 heteroatoms. The summed E-state index contributed by atoms with van der Waals surface area (Å²) in [5.74, 6) is -2.23. The molecule has 6 rings (SSSR count). The summed E-state index contributed by atoms with van der Waals surface area (Å²) in [6, 6.07) is 14.4. The molecule has 2 fully saturated rings. The van der Waals surface area contributed by atoms with Gasteiger partial charge in [-0.05, 0) is 104 Å². The Balaban J connectivity index is 1.23. The Labute approximate surface area is 263 Å². The van der Waals surface area contributed by atoms with E-state index in [4.69, 9.17) is 4.74 Å². The summed E-state index contributed by atoms with van der Waals surface area (Å²) in [7, 11) is 1.49. The average molecular weight is 633 g/mol. The van der Waals surface area contributed by atoms with E-state index in [1.54, 1.807) is 47.5 Å². The fourth-order valence-electron chi connectivity index (χ4n) is 6.79. The van der Waals surface area contributed by atoms with Crippen molar-refractivity contribution in [2.45, 2.75) is 36.5 Å². The van der Waals surface area contributed by atoms with Crippen LogP contribution < -0.4 is 10.2 Å². The van der Waals surface area contributed by atoms with Crippen LogP contribution >= 0.6 is 0 Å². The summed E-state index contributed by atoms with van der Waals surface area (Å²) in [5.41, 5.74) is 2.36. The molecule has 2 amide bonds. The molecule has 0 saturated carbocycles. The maximum atomic E-state index is 14.6. The van der Waals surface area contributed by atoms with Gasteiger partial charge in [0.1, 0.15) is 12.1 Å². The number of hydrogen-bond acceptors (Lipinski definition) is 9. The molecule has 2 aliphatic rings. The lowest BCUT2D eigenvalue weighted by atomic mass is 9.73. The Kier molecular flexibility index (Phi) is 8.73. The number of hydroxylamine groups is 1. The van der Waals surface area contributed by atoms with Crippen molar-refractivity contribution in [1.29, 1.82) is 0 Å². The van der Waals surface area contributed by atoms with Gasteiger partial charge in [-0.25, -0.2) is 18.9 Å². The summed E-state index contributed by atoms with van der Waals surface area (Å²) in [4.78, 5) is 35.2. The van der Waals surface area contributed by atoms with E-state index in [1.165, 1.54) is 24.2 Å². The number of nitrogens with zero attached hydrogens (tertiary/aromatic N) is 7. The van der Waals surface area contributed by atoms with E-state index in [9.17, 15) is 23.6 Å². The molecule has 2 aromatic carbocycles. The number of halogens is 2. The lowest BCUT2D eigenvalue weighted by molar-refractivity contribution is -0.137. The van der Waals surface area contributed by atoms with Crippen molar-refractivity contribution in [2.75, 3.05) is 39.8 Å². The molecule has 0 aliphatic carbocycles. The minimum Gasteiger partial charge on any atom is -0.496 e. The third-order valence-corrected chi connectivity index (χ3v) is 9.51. The number of pyridine rings is 1. The Bertz CT molecular complexity index is 1700. The van der Waals surface area contributed by atoms with Crippen molar-refractivity contribution < 1.29 is 28.3 Å². The number of piperidine rings is 1. The first-order valence-electron chi connectivity index (χ1n) is 15.0. The van der Waals surface area contributed by atoms with E-state index >= 15 is 0 Å². The second-order valence-electron chi connectivity index (χ2n) is 11.9. The molecule has 2 aromatic heterocycles. The van der Waals surface area contributed by atoms with Gasteiger partial charge in [0, 0.05) is 24.7 Å². The van der Waals surface area contributed by atoms with Crippen LogP contribution in [0.5, 0.6) is 5.75 Å². The molecule has 2 saturated heterocycles. The molecular formula is C32H34F2N8O4. The standard InChI is InChI=1S/C32H34F2N8O4/c1-46-27-8-6-23(42-21-36-38-39-42)19-24(27)29(43)41-17-10-31(20-41,22-5-7-25(33)26(34)18-22)9-14-40-15-11-32(12-16-40,30(44)37-45)28-4-2-3-13-35-28/h2-8,13,18-19,21,45H,9-12,14-17,20H2,1H3,(H,37,44). The summed E-state index contributed by atoms with van der Waals surface area (Å²) in [5, 5.41) is 20.8. The molecular weight excluding hydrogens is 598 g/mol. The normalized spacial score (nSPS) is 19.6. The van der Waals surface area contributed by atoms with Gasteiger partial charge < -0.3 is 14.5 Å². The Hall–Kier alpha value is -4.82. The number of carbonyl (C=O) groups excluding carboxylic acids is 2. The molecule has 2 N–H and O–H groups in total. The highest BCUT2D eigenvalue weighted by molar-refractivity contribution is 5.98. The molecule has 1 unspecified atom stereocenters. The molecule has 12 nitrogen and oxygen atoms in total. The number of likely N-dealkylation sites (tertiary alicyclic amines) is 2. The minimum atomic E-state index is -0.962. The van der Waals surface area contributed by atoms with E-state index < -0.39 is 28.4 Å². The SMILES string of the molecule is COc1ccc(-n2cnnn2)cc1C(=O)N1CCC(CCN2CCC(C(=O)NO)(c3ccccn3)CC2)(c2ccc(F)c(F)c2)C1. The van der Waals surface area contributed by atoms with Crippen LogP contribution in [-0.2, 0) is 15.6 Å². The maximum absolute atomic E-state index is 14.6. The van der Waals surface area contributed by atoms with Gasteiger partial charge >= 0.3 is 0 Å². The summed E-state index contributed by atoms with van der Waals surface area (Å²) >= 11 is 0. The van der Waals surface area contributed by atoms with E-state index in [0.29, 0.717) is 80.1 Å². The lowest BCUT2D eigenvalue weighted by Crippen LogP contribution is -2.52. The maximum Gasteiger partial charge on any atom is 0.257 e. The predicted octanol–water partition coefficient (Wildman–Crippen LogP) is 3.06. The van der Waals surface area contributed by atoms with Gasteiger partial charge in [-0.1, -0.05) is 12.1 Å². The van der Waals surface area contributed by atoms with E-state index in [2.05, 4.69) is 25.4 Å². The van der Waals surface area contributed by atoms with Crippen LogP contribution in [0.15, 0.2) is 67.1 Å². The number of rotatable bonds is 9. The molecule has 0 radical (unpaired) electrons. The van der Waals surface area contributed by atoms with Gasteiger partial charge in [0.25, 0.3) is 11.8 Å². The summed E-state index contributed by atoms with van der Waals surface area (Å²) in [6.45, 7) is 2.39. The molecule has 4 aromatic rings. The lowest BCUT2D eigenvalue weighted by Gasteiger charge is -2.41. The largest absolute Gasteiger partial charge is 0.496 e. The molecule has 4 heterocycles. The van der Waals surface area contributed by atoms with Gasteiger partial charge in [0.05, 0.1) is 29.5 Å². The minimum absolute atomic E-state index is 0.260. The molecule has 0 spiro atoms. The number of benzene rings is 2. The Morgan fingerprint density at radius 1 is 1.02 bits per heavy atom. The van der Waals surface area contributed by atoms with Crippen molar-refractivity contribution in [3.8, 4) is 11.4 Å². The van der Waals surface area contributed by atoms with E-state index in [1.807, 2.05) is 11.5 Å². The highest BCUT2D eigenvalue weighted by Gasteiger charge is 2.46. The molecule has 240 valence electrons. The van der Waals surface area contributed by atoms with Crippen LogP contribution in [0.3, 0.4) is 0 Å². The monoisotopic (exact) mass is 632 g/mol. The first kappa shape index (κ1) is 31.2. The van der Waals surface area contributed by atoms with Crippen molar-refractivity contribution >= 4 is 11.8 Å². The zero-order valence-electron chi connectivity index (χ0n) is 25.3. The van der Waals surface area contributed by atoms with Crippen LogP contribution in [0.1, 0.15) is 47.3 Å². The molecule has 0 bridgehead atoms. The fraction of sp³-hybridized carbons (Fsp3) is 0.375. The van der Waals surface area contributed by atoms with Gasteiger partial charge in [-0.3, -0.25) is 19.8 Å². The van der Waals surface area contributed by atoms with Crippen LogP contribution in [0.2, 0.25) is 0 Å². The first-order chi connectivity index (χ1) is 22.3. The van der Waals surface area contributed by atoms with Crippen LogP contribution in [0.4, 0.5) is 8.78 Å². The van der Waals surface area contributed by atoms with Crippen molar-refractivity contribution in [3.63, 3.8) is 0 Å². The fourth-order valence-corrected chi connectivity index (χ4v) is 6.79. The molecule has 1 atom stereocenters. The van der Waals surface area contributed by atoms with Crippen LogP contribution in [0.25, 0.3) is 5.69 Å². The molecule has 2 aliphatic heterocycles. The summed E-state index contributed by atoms with van der Waals surface area (Å²) < 4.78 is 35.6. The number of hydrogen-bond donors (Lipinski definition) is 2. The third-order valence-electron chi connectivity index (χ3n) is 9.51. The smallest absolute Gasteiger partial charge is 0.257 e. The summed E-state index contributed by atoms with van der Waals surface area (Å²) in [6.07, 6.45) is 5.04. The zero-order valence-corrected chi connectivity index (χ0v) is 25.3. The van der Waals surface area contributed by atoms with Crippen molar-refractivity contribution in [1.82, 2.24) is 40.5 Å². The van der Waals surface area contributed by atoms with E-state index in [0.717, 1.165) is 6.07 Å². The average Bonchev–Trinajstić information content (AvgIpc) is 3.80. The van der Waals surface area contributed by atoms with Gasteiger partial charge in [0.15, 0.2) is 11.6 Å².